The smallest absolute Gasteiger partial charge is 0.123 e. The van der Waals surface area contributed by atoms with Gasteiger partial charge in [0, 0.05) is 5.02 Å². The number of hydrogen-bond acceptors (Lipinski definition) is 3. The lowest BCUT2D eigenvalue weighted by atomic mass is 10.2. The first kappa shape index (κ1) is 15.1. The van der Waals surface area contributed by atoms with Crippen molar-refractivity contribution in [2.45, 2.75) is 6.54 Å². The van der Waals surface area contributed by atoms with Crippen LogP contribution in [0.4, 0.5) is 5.69 Å². The summed E-state index contributed by atoms with van der Waals surface area (Å²) >= 11 is 17.9. The summed E-state index contributed by atoms with van der Waals surface area (Å²) < 4.78 is 5.08. The molecular weight excluding hydrogens is 319 g/mol. The van der Waals surface area contributed by atoms with Gasteiger partial charge in [-0.05, 0) is 29.8 Å². The minimum absolute atomic E-state index is 0.376. The van der Waals surface area contributed by atoms with Crippen LogP contribution in [0.5, 0.6) is 5.75 Å². The average molecular weight is 330 g/mol. The Morgan fingerprint density at radius 3 is 2.15 bits per heavy atom. The van der Waals surface area contributed by atoms with Crippen LogP contribution in [0.25, 0.3) is 0 Å². The maximum atomic E-state index is 6.02. The van der Waals surface area contributed by atoms with Crippen LogP contribution in [-0.4, -0.2) is 7.11 Å². The first-order valence-corrected chi connectivity index (χ1v) is 6.88. The molecule has 0 aliphatic rings. The van der Waals surface area contributed by atoms with Crippen LogP contribution in [-0.2, 0) is 6.54 Å². The molecule has 0 atom stereocenters. The lowest BCUT2D eigenvalue weighted by Crippen LogP contribution is -1.84. The molecule has 2 aromatic carbocycles. The molecule has 0 radical (unpaired) electrons. The summed E-state index contributed by atoms with van der Waals surface area (Å²) in [5.41, 5.74) is 1.43. The quantitative estimate of drug-likeness (QED) is 0.639. The van der Waals surface area contributed by atoms with Crippen molar-refractivity contribution in [1.82, 2.24) is 0 Å². The first-order valence-electron chi connectivity index (χ1n) is 5.75. The lowest BCUT2D eigenvalue weighted by molar-refractivity contribution is 0.414. The standard InChI is InChI=1S/C14H11Cl3N2O/c1-20-11-4-2-9(3-5-11)8-18-19-14-12(16)6-10(15)7-13(14)17/h2-7H,8H2,1H3. The highest BCUT2D eigenvalue weighted by molar-refractivity contribution is 6.41. The van der Waals surface area contributed by atoms with E-state index in [4.69, 9.17) is 39.5 Å². The van der Waals surface area contributed by atoms with Crippen LogP contribution in [0.3, 0.4) is 0 Å². The third-order valence-corrected chi connectivity index (χ3v) is 3.36. The van der Waals surface area contributed by atoms with Gasteiger partial charge in [-0.25, -0.2) is 0 Å². The summed E-state index contributed by atoms with van der Waals surface area (Å²) in [5, 5.41) is 9.36. The fourth-order valence-corrected chi connectivity index (χ4v) is 2.44. The van der Waals surface area contributed by atoms with Gasteiger partial charge in [0.05, 0.1) is 23.7 Å². The van der Waals surface area contributed by atoms with Crippen molar-refractivity contribution in [2.24, 2.45) is 10.2 Å². The van der Waals surface area contributed by atoms with Gasteiger partial charge in [-0.15, -0.1) is 0 Å². The molecule has 0 aliphatic carbocycles. The van der Waals surface area contributed by atoms with Crippen LogP contribution >= 0.6 is 34.8 Å². The van der Waals surface area contributed by atoms with Crippen LogP contribution in [0.2, 0.25) is 15.1 Å². The highest BCUT2D eigenvalue weighted by atomic mass is 35.5. The predicted molar refractivity (Wildman–Crippen MR) is 82.7 cm³/mol. The van der Waals surface area contributed by atoms with E-state index in [9.17, 15) is 0 Å². The molecule has 0 heterocycles. The molecule has 0 aliphatic heterocycles. The Balaban J connectivity index is 2.10. The first-order chi connectivity index (χ1) is 9.60. The zero-order valence-electron chi connectivity index (χ0n) is 10.6. The minimum Gasteiger partial charge on any atom is -0.497 e. The highest BCUT2D eigenvalue weighted by Gasteiger charge is 2.06. The number of benzene rings is 2. The number of azo groups is 1. The third-order valence-electron chi connectivity index (χ3n) is 2.56. The molecule has 0 bridgehead atoms. The van der Waals surface area contributed by atoms with E-state index in [2.05, 4.69) is 10.2 Å². The number of hydrogen-bond donors (Lipinski definition) is 0. The van der Waals surface area contributed by atoms with E-state index in [0.29, 0.717) is 27.3 Å². The molecule has 0 unspecified atom stereocenters. The van der Waals surface area contributed by atoms with E-state index in [-0.39, 0.29) is 0 Å². The molecular formula is C14H11Cl3N2O. The molecule has 3 nitrogen and oxygen atoms in total. The van der Waals surface area contributed by atoms with Crippen molar-refractivity contribution in [3.05, 3.63) is 57.0 Å². The van der Waals surface area contributed by atoms with Crippen molar-refractivity contribution in [3.63, 3.8) is 0 Å². The molecule has 0 aromatic heterocycles. The molecule has 0 fully saturated rings. The molecule has 104 valence electrons. The van der Waals surface area contributed by atoms with Crippen LogP contribution in [0.1, 0.15) is 5.56 Å². The zero-order chi connectivity index (χ0) is 14.5. The van der Waals surface area contributed by atoms with E-state index in [1.165, 1.54) is 0 Å². The molecule has 0 N–H and O–H groups in total. The summed E-state index contributed by atoms with van der Waals surface area (Å²) in [6.07, 6.45) is 0. The second-order valence-electron chi connectivity index (χ2n) is 3.97. The van der Waals surface area contributed by atoms with Crippen molar-refractivity contribution in [2.75, 3.05) is 7.11 Å². The van der Waals surface area contributed by atoms with E-state index >= 15 is 0 Å². The van der Waals surface area contributed by atoms with E-state index in [0.717, 1.165) is 11.3 Å². The normalized spacial score (nSPS) is 11.0. The molecule has 6 heteroatoms. The average Bonchev–Trinajstić information content (AvgIpc) is 2.42. The van der Waals surface area contributed by atoms with Gasteiger partial charge in [-0.3, -0.25) is 0 Å². The summed E-state index contributed by atoms with van der Waals surface area (Å²) in [7, 11) is 1.62. The Morgan fingerprint density at radius 1 is 1.00 bits per heavy atom. The second kappa shape index (κ2) is 6.93. The molecule has 0 spiro atoms. The van der Waals surface area contributed by atoms with Gasteiger partial charge in [0.25, 0.3) is 0 Å². The van der Waals surface area contributed by atoms with Crippen molar-refractivity contribution >= 4 is 40.5 Å². The lowest BCUT2D eigenvalue weighted by Gasteiger charge is -2.02. The van der Waals surface area contributed by atoms with E-state index < -0.39 is 0 Å². The monoisotopic (exact) mass is 328 g/mol. The minimum atomic E-state index is 0.376. The van der Waals surface area contributed by atoms with Gasteiger partial charge in [-0.2, -0.15) is 10.2 Å². The van der Waals surface area contributed by atoms with Crippen molar-refractivity contribution < 1.29 is 4.74 Å². The van der Waals surface area contributed by atoms with Gasteiger partial charge in [-0.1, -0.05) is 46.9 Å². The van der Waals surface area contributed by atoms with Gasteiger partial charge in [0.1, 0.15) is 11.4 Å². The van der Waals surface area contributed by atoms with Gasteiger partial charge < -0.3 is 4.74 Å². The van der Waals surface area contributed by atoms with Crippen LogP contribution < -0.4 is 4.74 Å². The van der Waals surface area contributed by atoms with E-state index in [1.807, 2.05) is 24.3 Å². The van der Waals surface area contributed by atoms with Gasteiger partial charge in [0.2, 0.25) is 0 Å². The van der Waals surface area contributed by atoms with Crippen molar-refractivity contribution in [3.8, 4) is 5.75 Å². The molecule has 0 saturated carbocycles. The highest BCUT2D eigenvalue weighted by Crippen LogP contribution is 2.36. The Hall–Kier alpha value is -1.29. The number of halogens is 3. The fourth-order valence-electron chi connectivity index (χ4n) is 1.55. The predicted octanol–water partition coefficient (Wildman–Crippen LogP) is 5.94. The Labute approximate surface area is 132 Å². The molecule has 0 amide bonds. The van der Waals surface area contributed by atoms with E-state index in [1.54, 1.807) is 19.2 Å². The second-order valence-corrected chi connectivity index (χ2v) is 5.22. The zero-order valence-corrected chi connectivity index (χ0v) is 12.9. The number of methoxy groups -OCH3 is 1. The van der Waals surface area contributed by atoms with Crippen LogP contribution in [0, 0.1) is 0 Å². The van der Waals surface area contributed by atoms with Gasteiger partial charge in [0.15, 0.2) is 0 Å². The Bertz CT molecular complexity index is 604. The summed E-state index contributed by atoms with van der Waals surface area (Å²) in [4.78, 5) is 0. The maximum absolute atomic E-state index is 6.02. The molecule has 2 rings (SSSR count). The summed E-state index contributed by atoms with van der Waals surface area (Å²) in [6, 6.07) is 10.7. The van der Waals surface area contributed by atoms with Gasteiger partial charge >= 0.3 is 0 Å². The SMILES string of the molecule is COc1ccc(CN=Nc2c(Cl)cc(Cl)cc2Cl)cc1. The Kier molecular flexibility index (Phi) is 5.24. The maximum Gasteiger partial charge on any atom is 0.123 e. The third kappa shape index (κ3) is 3.85. The summed E-state index contributed by atoms with van der Waals surface area (Å²) in [5.74, 6) is 0.800. The number of nitrogens with zero attached hydrogens (tertiary/aromatic N) is 2. The largest absolute Gasteiger partial charge is 0.497 e. The molecule has 0 saturated heterocycles. The van der Waals surface area contributed by atoms with Crippen LogP contribution in [0.15, 0.2) is 46.6 Å². The number of rotatable bonds is 4. The Morgan fingerprint density at radius 2 is 1.60 bits per heavy atom. The molecule has 2 aromatic rings. The summed E-state index contributed by atoms with van der Waals surface area (Å²) in [6.45, 7) is 0.430. The molecule has 20 heavy (non-hydrogen) atoms. The topological polar surface area (TPSA) is 34.0 Å². The van der Waals surface area contributed by atoms with Crippen molar-refractivity contribution in [1.29, 1.82) is 0 Å². The number of ether oxygens (including phenoxy) is 1. The fraction of sp³-hybridized carbons (Fsp3) is 0.143.